The normalized spacial score (nSPS) is 25.8. The molecule has 3 aromatic rings. The van der Waals surface area contributed by atoms with Gasteiger partial charge in [-0.2, -0.15) is 10.1 Å². The Bertz CT molecular complexity index is 1300. The summed E-state index contributed by atoms with van der Waals surface area (Å²) in [4.78, 5) is 25.3. The van der Waals surface area contributed by atoms with Crippen LogP contribution in [-0.2, 0) is 17.8 Å². The van der Waals surface area contributed by atoms with Crippen molar-refractivity contribution in [3.63, 3.8) is 0 Å². The second-order valence-electron chi connectivity index (χ2n) is 13.2. The molecule has 3 fully saturated rings. The highest BCUT2D eigenvalue weighted by atomic mass is 35.5. The maximum atomic E-state index is 14.5. The minimum atomic E-state index is -0.596. The first kappa shape index (κ1) is 29.3. The van der Waals surface area contributed by atoms with Crippen molar-refractivity contribution in [3.8, 4) is 0 Å². The van der Waals surface area contributed by atoms with Crippen LogP contribution in [0.3, 0.4) is 0 Å². The predicted octanol–water partition coefficient (Wildman–Crippen LogP) is 5.73. The molecule has 1 atom stereocenters. The Kier molecular flexibility index (Phi) is 8.68. The van der Waals surface area contributed by atoms with Crippen molar-refractivity contribution in [2.45, 2.75) is 102 Å². The molecule has 0 unspecified atom stereocenters. The van der Waals surface area contributed by atoms with E-state index in [0.717, 1.165) is 63.7 Å². The van der Waals surface area contributed by atoms with Crippen molar-refractivity contribution in [3.05, 3.63) is 59.2 Å². The first-order valence-electron chi connectivity index (χ1n) is 15.8. The lowest BCUT2D eigenvalue weighted by Gasteiger charge is -2.49. The van der Waals surface area contributed by atoms with E-state index in [2.05, 4.69) is 25.1 Å². The van der Waals surface area contributed by atoms with Crippen LogP contribution in [0.1, 0.15) is 93.8 Å². The number of benzene rings is 1. The van der Waals surface area contributed by atoms with Gasteiger partial charge in [0, 0.05) is 36.1 Å². The lowest BCUT2D eigenvalue weighted by molar-refractivity contribution is -0.142. The summed E-state index contributed by atoms with van der Waals surface area (Å²) in [6, 6.07) is 7.86. The van der Waals surface area contributed by atoms with Crippen LogP contribution in [-0.4, -0.2) is 54.3 Å². The van der Waals surface area contributed by atoms with E-state index in [1.807, 2.05) is 42.2 Å². The Morgan fingerprint density at radius 3 is 2.40 bits per heavy atom. The highest BCUT2D eigenvalue weighted by Gasteiger charge is 2.48. The van der Waals surface area contributed by atoms with E-state index in [1.165, 1.54) is 32.1 Å². The minimum Gasteiger partial charge on any atom is -0.342 e. The van der Waals surface area contributed by atoms with Gasteiger partial charge in [-0.15, -0.1) is 0 Å². The van der Waals surface area contributed by atoms with Gasteiger partial charge in [-0.1, -0.05) is 48.2 Å². The summed E-state index contributed by atoms with van der Waals surface area (Å²) >= 11 is 6.20. The highest BCUT2D eigenvalue weighted by molar-refractivity contribution is 6.30. The molecule has 226 valence electrons. The fraction of sp³-hybridized carbons (Fsp3) is 0.656. The quantitative estimate of drug-likeness (QED) is 0.355. The number of carbonyl (C=O) groups excluding carboxylic acids is 1. The molecular weight excluding hydrogens is 550 g/mol. The van der Waals surface area contributed by atoms with E-state index < -0.39 is 5.54 Å². The molecule has 1 saturated heterocycles. The number of aromatic nitrogens is 5. The number of hydrogen-bond acceptors (Lipinski definition) is 7. The molecule has 2 saturated carbocycles. The molecule has 0 bridgehead atoms. The summed E-state index contributed by atoms with van der Waals surface area (Å²) in [5.41, 5.74) is 7.88. The average Bonchev–Trinajstić information content (AvgIpc) is 3.69. The molecule has 0 radical (unpaired) electrons. The topological polar surface area (TPSA) is 116 Å². The van der Waals surface area contributed by atoms with Gasteiger partial charge < -0.3 is 15.2 Å². The van der Waals surface area contributed by atoms with Crippen molar-refractivity contribution in [1.82, 2.24) is 29.8 Å². The summed E-state index contributed by atoms with van der Waals surface area (Å²) in [7, 11) is 0. The Labute approximate surface area is 253 Å². The standard InChI is InChI=1S/C32H44ClN7O2/c1-23-37-29(42-38-23)25-11-13-32(34,14-12-25)28(19-24-7-9-27(33)10-8-24)30(41)39-17-15-31(16-18-39,20-40-22-35-21-36-40)26-5-3-2-4-6-26/h7-10,21-22,25-26,28H,2-6,11-20,34H2,1H3/t25-,28-,32+/m0/s1. The number of carbonyl (C=O) groups is 1. The van der Waals surface area contributed by atoms with Crippen LogP contribution in [0.5, 0.6) is 0 Å². The molecule has 2 aromatic heterocycles. The van der Waals surface area contributed by atoms with Crippen molar-refractivity contribution in [2.75, 3.05) is 13.1 Å². The van der Waals surface area contributed by atoms with Crippen molar-refractivity contribution >= 4 is 17.5 Å². The first-order chi connectivity index (χ1) is 20.3. The molecule has 3 aliphatic rings. The fourth-order valence-corrected chi connectivity index (χ4v) is 8.19. The molecule has 3 heterocycles. The second-order valence-corrected chi connectivity index (χ2v) is 13.6. The molecule has 1 aliphatic heterocycles. The number of amides is 1. The molecular formula is C32H44ClN7O2. The lowest BCUT2D eigenvalue weighted by Crippen LogP contribution is -2.58. The van der Waals surface area contributed by atoms with Crippen molar-refractivity contribution < 1.29 is 9.32 Å². The number of halogens is 1. The van der Waals surface area contributed by atoms with Gasteiger partial charge in [0.2, 0.25) is 11.8 Å². The van der Waals surface area contributed by atoms with Crippen LogP contribution < -0.4 is 5.73 Å². The zero-order valence-corrected chi connectivity index (χ0v) is 25.5. The summed E-state index contributed by atoms with van der Waals surface area (Å²) < 4.78 is 7.50. The largest absolute Gasteiger partial charge is 0.342 e. The number of aryl methyl sites for hydroxylation is 1. The Morgan fingerprint density at radius 1 is 1.07 bits per heavy atom. The fourth-order valence-electron chi connectivity index (χ4n) is 8.06. The van der Waals surface area contributed by atoms with Crippen LogP contribution in [0.2, 0.25) is 5.02 Å². The van der Waals surface area contributed by atoms with Crippen LogP contribution in [0.25, 0.3) is 0 Å². The number of hydrogen-bond donors (Lipinski definition) is 1. The van der Waals surface area contributed by atoms with Gasteiger partial charge in [0.15, 0.2) is 5.82 Å². The van der Waals surface area contributed by atoms with Gasteiger partial charge in [0.05, 0.1) is 5.92 Å². The van der Waals surface area contributed by atoms with Crippen LogP contribution in [0.4, 0.5) is 0 Å². The van der Waals surface area contributed by atoms with E-state index in [9.17, 15) is 4.79 Å². The van der Waals surface area contributed by atoms with Crippen LogP contribution in [0.15, 0.2) is 41.4 Å². The number of nitrogens with zero attached hydrogens (tertiary/aromatic N) is 6. The van der Waals surface area contributed by atoms with Crippen LogP contribution in [0, 0.1) is 24.2 Å². The lowest BCUT2D eigenvalue weighted by atomic mass is 9.63. The zero-order valence-electron chi connectivity index (χ0n) is 24.8. The summed E-state index contributed by atoms with van der Waals surface area (Å²) in [6.45, 7) is 4.25. The maximum absolute atomic E-state index is 14.5. The van der Waals surface area contributed by atoms with Crippen molar-refractivity contribution in [1.29, 1.82) is 0 Å². The summed E-state index contributed by atoms with van der Waals surface area (Å²) in [5, 5.41) is 9.15. The van der Waals surface area contributed by atoms with Crippen LogP contribution >= 0.6 is 11.6 Å². The molecule has 1 aromatic carbocycles. The van der Waals surface area contributed by atoms with E-state index in [1.54, 1.807) is 6.33 Å². The van der Waals surface area contributed by atoms with Gasteiger partial charge in [-0.25, -0.2) is 4.98 Å². The SMILES string of the molecule is Cc1noc([C@H]2CC[C@](N)([C@@H](Cc3ccc(Cl)cc3)C(=O)N3CCC(Cn4cncn4)(C4CCCCC4)CC3)CC2)n1. The molecule has 2 aliphatic carbocycles. The third-order valence-electron chi connectivity index (χ3n) is 10.6. The van der Waals surface area contributed by atoms with E-state index in [0.29, 0.717) is 29.1 Å². The molecule has 42 heavy (non-hydrogen) atoms. The smallest absolute Gasteiger partial charge is 0.229 e. The van der Waals surface area contributed by atoms with Gasteiger partial charge in [0.25, 0.3) is 0 Å². The first-order valence-corrected chi connectivity index (χ1v) is 16.2. The molecule has 0 spiro atoms. The monoisotopic (exact) mass is 593 g/mol. The molecule has 6 rings (SSSR count). The van der Waals surface area contributed by atoms with Gasteiger partial charge >= 0.3 is 0 Å². The zero-order chi connectivity index (χ0) is 29.2. The highest BCUT2D eigenvalue weighted by Crippen LogP contribution is 2.48. The molecule has 2 N–H and O–H groups in total. The number of nitrogens with two attached hydrogens (primary N) is 1. The number of rotatable bonds is 8. The third kappa shape index (κ3) is 6.27. The molecule has 1 amide bonds. The maximum Gasteiger partial charge on any atom is 0.229 e. The molecule has 9 nitrogen and oxygen atoms in total. The number of piperidine rings is 1. The Hall–Kier alpha value is -2.78. The Balaban J connectivity index is 1.20. The van der Waals surface area contributed by atoms with Gasteiger partial charge in [-0.05, 0) is 93.7 Å². The van der Waals surface area contributed by atoms with Crippen molar-refractivity contribution in [2.24, 2.45) is 23.0 Å². The molecule has 10 heteroatoms. The average molecular weight is 594 g/mol. The second kappa shape index (κ2) is 12.4. The summed E-state index contributed by atoms with van der Waals surface area (Å²) in [5.74, 6) is 2.10. The van der Waals surface area contributed by atoms with Gasteiger partial charge in [-0.3, -0.25) is 9.48 Å². The number of likely N-dealkylation sites (tertiary alicyclic amines) is 1. The third-order valence-corrected chi connectivity index (χ3v) is 10.9. The minimum absolute atomic E-state index is 0.150. The van der Waals surface area contributed by atoms with E-state index in [4.69, 9.17) is 21.9 Å². The van der Waals surface area contributed by atoms with E-state index >= 15 is 0 Å². The Morgan fingerprint density at radius 2 is 1.79 bits per heavy atom. The summed E-state index contributed by atoms with van der Waals surface area (Å²) in [6.07, 6.45) is 15.7. The van der Waals surface area contributed by atoms with Gasteiger partial charge in [0.1, 0.15) is 12.7 Å². The van der Waals surface area contributed by atoms with E-state index in [-0.39, 0.29) is 23.2 Å². The predicted molar refractivity (Wildman–Crippen MR) is 161 cm³/mol.